The first kappa shape index (κ1) is 9.34. The topological polar surface area (TPSA) is 41.1 Å². The first-order valence-electron chi connectivity index (χ1n) is 4.46. The van der Waals surface area contributed by atoms with E-state index in [0.717, 1.165) is 16.9 Å². The van der Waals surface area contributed by atoms with Crippen molar-refractivity contribution >= 4 is 28.9 Å². The second kappa shape index (κ2) is 3.17. The van der Waals surface area contributed by atoms with Crippen molar-refractivity contribution in [3.63, 3.8) is 0 Å². The molecule has 1 aromatic carbocycles. The Morgan fingerprint density at radius 1 is 1.43 bits per heavy atom. The molecule has 1 aliphatic heterocycles. The maximum Gasteiger partial charge on any atom is 0.246 e. The van der Waals surface area contributed by atoms with Crippen LogP contribution in [0.4, 0.5) is 11.4 Å². The fourth-order valence-corrected chi connectivity index (χ4v) is 1.66. The van der Waals surface area contributed by atoms with E-state index in [1.165, 1.54) is 0 Å². The predicted octanol–water partition coefficient (Wildman–Crippen LogP) is 2.40. The van der Waals surface area contributed by atoms with Crippen LogP contribution in [0, 0.1) is 6.92 Å². The van der Waals surface area contributed by atoms with Crippen molar-refractivity contribution in [1.29, 1.82) is 0 Å². The first-order valence-corrected chi connectivity index (χ1v) is 4.84. The SMILES string of the molecule is Cc1c(Cl)ccc2c1NC(=O)C(C)N2. The summed E-state index contributed by atoms with van der Waals surface area (Å²) in [6, 6.07) is 3.51. The average Bonchev–Trinajstić information content (AvgIpc) is 2.15. The van der Waals surface area contributed by atoms with E-state index < -0.39 is 0 Å². The molecular formula is C10H11ClN2O. The Labute approximate surface area is 87.4 Å². The Hall–Kier alpha value is -1.22. The minimum atomic E-state index is -0.192. The second-order valence-corrected chi connectivity index (χ2v) is 3.86. The summed E-state index contributed by atoms with van der Waals surface area (Å²) in [4.78, 5) is 11.4. The van der Waals surface area contributed by atoms with Crippen LogP contribution in [0.2, 0.25) is 5.02 Å². The molecule has 0 fully saturated rings. The summed E-state index contributed by atoms with van der Waals surface area (Å²) in [6.45, 7) is 3.71. The molecule has 4 heteroatoms. The van der Waals surface area contributed by atoms with Gasteiger partial charge in [-0.1, -0.05) is 11.6 Å². The number of nitrogens with one attached hydrogen (secondary N) is 2. The Kier molecular flexibility index (Phi) is 2.11. The number of hydrogen-bond donors (Lipinski definition) is 2. The molecule has 0 saturated carbocycles. The van der Waals surface area contributed by atoms with Crippen LogP contribution in [0.3, 0.4) is 0 Å². The van der Waals surface area contributed by atoms with E-state index >= 15 is 0 Å². The zero-order chi connectivity index (χ0) is 10.3. The third-order valence-corrected chi connectivity index (χ3v) is 2.82. The largest absolute Gasteiger partial charge is 0.372 e. The standard InChI is InChI=1S/C10H11ClN2O/c1-5-7(11)3-4-8-9(5)13-10(14)6(2)12-8/h3-4,6,12H,1-2H3,(H,13,14). The zero-order valence-corrected chi connectivity index (χ0v) is 8.77. The van der Waals surface area contributed by atoms with Gasteiger partial charge in [0.1, 0.15) is 6.04 Å². The molecule has 0 spiro atoms. The van der Waals surface area contributed by atoms with Crippen LogP contribution in [0.1, 0.15) is 12.5 Å². The van der Waals surface area contributed by atoms with E-state index in [1.54, 1.807) is 0 Å². The molecule has 1 heterocycles. The lowest BCUT2D eigenvalue weighted by molar-refractivity contribution is -0.116. The maximum absolute atomic E-state index is 11.4. The third-order valence-electron chi connectivity index (χ3n) is 2.41. The van der Waals surface area contributed by atoms with Gasteiger partial charge in [0, 0.05) is 5.02 Å². The average molecular weight is 211 g/mol. The zero-order valence-electron chi connectivity index (χ0n) is 8.02. The highest BCUT2D eigenvalue weighted by atomic mass is 35.5. The van der Waals surface area contributed by atoms with Crippen molar-refractivity contribution in [1.82, 2.24) is 0 Å². The number of anilines is 2. The van der Waals surface area contributed by atoms with E-state index in [9.17, 15) is 4.79 Å². The molecule has 0 aliphatic carbocycles. The molecule has 1 aromatic rings. The highest BCUT2D eigenvalue weighted by molar-refractivity contribution is 6.32. The molecule has 14 heavy (non-hydrogen) atoms. The highest BCUT2D eigenvalue weighted by Gasteiger charge is 2.22. The van der Waals surface area contributed by atoms with E-state index in [0.29, 0.717) is 5.02 Å². The van der Waals surface area contributed by atoms with Crippen LogP contribution in [0.15, 0.2) is 12.1 Å². The van der Waals surface area contributed by atoms with Gasteiger partial charge in [-0.15, -0.1) is 0 Å². The smallest absolute Gasteiger partial charge is 0.246 e. The van der Waals surface area contributed by atoms with Crippen molar-refractivity contribution in [3.05, 3.63) is 22.7 Å². The van der Waals surface area contributed by atoms with Crippen LogP contribution < -0.4 is 10.6 Å². The number of benzene rings is 1. The van der Waals surface area contributed by atoms with Crippen LogP contribution in [0.25, 0.3) is 0 Å². The van der Waals surface area contributed by atoms with Gasteiger partial charge in [0.15, 0.2) is 0 Å². The van der Waals surface area contributed by atoms with E-state index in [1.807, 2.05) is 26.0 Å². The van der Waals surface area contributed by atoms with Crippen molar-refractivity contribution < 1.29 is 4.79 Å². The summed E-state index contributed by atoms with van der Waals surface area (Å²) in [6.07, 6.45) is 0. The van der Waals surface area contributed by atoms with Crippen LogP contribution in [-0.2, 0) is 4.79 Å². The fourth-order valence-electron chi connectivity index (χ4n) is 1.50. The van der Waals surface area contributed by atoms with E-state index in [-0.39, 0.29) is 11.9 Å². The van der Waals surface area contributed by atoms with Gasteiger partial charge in [-0.25, -0.2) is 0 Å². The molecule has 74 valence electrons. The van der Waals surface area contributed by atoms with E-state index in [2.05, 4.69) is 10.6 Å². The lowest BCUT2D eigenvalue weighted by Crippen LogP contribution is -2.36. The summed E-state index contributed by atoms with van der Waals surface area (Å²) >= 11 is 5.95. The number of rotatable bonds is 0. The summed E-state index contributed by atoms with van der Waals surface area (Å²) in [5, 5.41) is 6.61. The number of fused-ring (bicyclic) bond motifs is 1. The lowest BCUT2D eigenvalue weighted by Gasteiger charge is -2.25. The minimum absolute atomic E-state index is 0.0251. The van der Waals surface area contributed by atoms with Crippen molar-refractivity contribution in [2.45, 2.75) is 19.9 Å². The summed E-state index contributed by atoms with van der Waals surface area (Å²) in [5.41, 5.74) is 2.62. The lowest BCUT2D eigenvalue weighted by atomic mass is 10.1. The van der Waals surface area contributed by atoms with Gasteiger partial charge in [-0.3, -0.25) is 4.79 Å². The van der Waals surface area contributed by atoms with Crippen molar-refractivity contribution in [3.8, 4) is 0 Å². The molecular weight excluding hydrogens is 200 g/mol. The van der Waals surface area contributed by atoms with Crippen LogP contribution >= 0.6 is 11.6 Å². The molecule has 0 saturated heterocycles. The van der Waals surface area contributed by atoms with Gasteiger partial charge < -0.3 is 10.6 Å². The number of amides is 1. The normalized spacial score (nSPS) is 19.6. The monoisotopic (exact) mass is 210 g/mol. The van der Waals surface area contributed by atoms with Crippen LogP contribution in [0.5, 0.6) is 0 Å². The molecule has 0 aromatic heterocycles. The quantitative estimate of drug-likeness (QED) is 0.691. The van der Waals surface area contributed by atoms with Crippen LogP contribution in [-0.4, -0.2) is 11.9 Å². The molecule has 3 nitrogen and oxygen atoms in total. The van der Waals surface area contributed by atoms with E-state index in [4.69, 9.17) is 11.6 Å². The molecule has 0 radical (unpaired) electrons. The second-order valence-electron chi connectivity index (χ2n) is 3.45. The van der Waals surface area contributed by atoms with Crippen molar-refractivity contribution in [2.24, 2.45) is 0 Å². The summed E-state index contributed by atoms with van der Waals surface area (Å²) in [5.74, 6) is -0.0251. The maximum atomic E-state index is 11.4. The summed E-state index contributed by atoms with van der Waals surface area (Å²) < 4.78 is 0. The van der Waals surface area contributed by atoms with Gasteiger partial charge in [0.25, 0.3) is 0 Å². The fraction of sp³-hybridized carbons (Fsp3) is 0.300. The van der Waals surface area contributed by atoms with Gasteiger partial charge in [-0.2, -0.15) is 0 Å². The number of carbonyl (C=O) groups is 1. The molecule has 1 atom stereocenters. The Balaban J connectivity index is 2.52. The molecule has 1 amide bonds. The van der Waals surface area contributed by atoms with Gasteiger partial charge in [-0.05, 0) is 31.5 Å². The first-order chi connectivity index (χ1) is 6.59. The third kappa shape index (κ3) is 1.34. The molecule has 0 bridgehead atoms. The minimum Gasteiger partial charge on any atom is -0.372 e. The highest BCUT2D eigenvalue weighted by Crippen LogP contribution is 2.34. The summed E-state index contributed by atoms with van der Waals surface area (Å²) in [7, 11) is 0. The molecule has 2 rings (SSSR count). The number of carbonyl (C=O) groups excluding carboxylic acids is 1. The Bertz CT molecular complexity index is 403. The Morgan fingerprint density at radius 3 is 2.86 bits per heavy atom. The number of halogens is 1. The van der Waals surface area contributed by atoms with Gasteiger partial charge in [0.05, 0.1) is 11.4 Å². The number of hydrogen-bond acceptors (Lipinski definition) is 2. The predicted molar refractivity (Wildman–Crippen MR) is 57.9 cm³/mol. The molecule has 1 unspecified atom stereocenters. The van der Waals surface area contributed by atoms with Gasteiger partial charge >= 0.3 is 0 Å². The molecule has 2 N–H and O–H groups in total. The Morgan fingerprint density at radius 2 is 2.14 bits per heavy atom. The molecule has 1 aliphatic rings. The van der Waals surface area contributed by atoms with Crippen molar-refractivity contribution in [2.75, 3.05) is 10.6 Å². The van der Waals surface area contributed by atoms with Gasteiger partial charge in [0.2, 0.25) is 5.91 Å².